The number of carbonyl (C=O) groups excluding carboxylic acids is 1. The van der Waals surface area contributed by atoms with Crippen LogP contribution in [-0.2, 0) is 9.53 Å². The smallest absolute Gasteiger partial charge is 0.338 e. The topological polar surface area (TPSA) is 63.9 Å². The van der Waals surface area contributed by atoms with Crippen LogP contribution in [0.1, 0.15) is 37.9 Å². The molecule has 0 spiro atoms. The number of carbonyl (C=O) groups is 1. The number of esters is 1. The first-order valence-corrected chi connectivity index (χ1v) is 12.3. The number of thiazole rings is 1. The Hall–Kier alpha value is -3.16. The first-order chi connectivity index (χ1) is 16.4. The number of allylic oxidation sites excluding steroid dienone is 1. The molecule has 1 aliphatic rings. The van der Waals surface area contributed by atoms with E-state index >= 15 is 0 Å². The van der Waals surface area contributed by atoms with Gasteiger partial charge in [0.1, 0.15) is 6.04 Å². The van der Waals surface area contributed by atoms with Gasteiger partial charge < -0.3 is 9.64 Å². The van der Waals surface area contributed by atoms with Gasteiger partial charge in [-0.2, -0.15) is 0 Å². The lowest BCUT2D eigenvalue weighted by Crippen LogP contribution is -2.39. The van der Waals surface area contributed by atoms with Gasteiger partial charge in [-0.25, -0.2) is 9.79 Å². The molecule has 0 N–H and O–H groups in total. The number of aromatic nitrogens is 1. The summed E-state index contributed by atoms with van der Waals surface area (Å²) in [4.78, 5) is 33.7. The molecule has 176 valence electrons. The zero-order valence-electron chi connectivity index (χ0n) is 19.5. The molecule has 1 atom stereocenters. The van der Waals surface area contributed by atoms with Gasteiger partial charge in [-0.3, -0.25) is 9.36 Å². The molecule has 1 unspecified atom stereocenters. The lowest BCUT2D eigenvalue weighted by atomic mass is 9.96. The van der Waals surface area contributed by atoms with Gasteiger partial charge in [0.25, 0.3) is 5.56 Å². The Morgan fingerprint density at radius 3 is 2.47 bits per heavy atom. The van der Waals surface area contributed by atoms with Crippen molar-refractivity contribution < 1.29 is 9.53 Å². The maximum Gasteiger partial charge on any atom is 0.338 e. The van der Waals surface area contributed by atoms with Crippen LogP contribution in [0.2, 0.25) is 5.02 Å². The van der Waals surface area contributed by atoms with E-state index in [1.165, 1.54) is 18.4 Å². The number of methoxy groups -OCH3 is 1. The fourth-order valence-electron chi connectivity index (χ4n) is 4.21. The highest BCUT2D eigenvalue weighted by Gasteiger charge is 2.34. The Kier molecular flexibility index (Phi) is 7.05. The minimum absolute atomic E-state index is 0.226. The minimum atomic E-state index is -0.718. The molecule has 0 fully saturated rings. The summed E-state index contributed by atoms with van der Waals surface area (Å²) in [6.07, 6.45) is 1.86. The van der Waals surface area contributed by atoms with Gasteiger partial charge in [-0.05, 0) is 56.2 Å². The van der Waals surface area contributed by atoms with E-state index in [4.69, 9.17) is 16.3 Å². The van der Waals surface area contributed by atoms with Crippen LogP contribution < -0.4 is 19.8 Å². The van der Waals surface area contributed by atoms with Gasteiger partial charge in [-0.1, -0.05) is 53.3 Å². The highest BCUT2D eigenvalue weighted by molar-refractivity contribution is 7.07. The minimum Gasteiger partial charge on any atom is -0.466 e. The Morgan fingerprint density at radius 2 is 1.85 bits per heavy atom. The van der Waals surface area contributed by atoms with E-state index in [1.807, 2.05) is 36.4 Å². The van der Waals surface area contributed by atoms with Crippen molar-refractivity contribution in [2.45, 2.75) is 26.8 Å². The second kappa shape index (κ2) is 9.99. The summed E-state index contributed by atoms with van der Waals surface area (Å²) in [5.74, 6) is -0.535. The van der Waals surface area contributed by atoms with Crippen molar-refractivity contribution in [3.63, 3.8) is 0 Å². The Labute approximate surface area is 207 Å². The summed E-state index contributed by atoms with van der Waals surface area (Å²) in [6.45, 7) is 7.85. The Bertz CT molecular complexity index is 1430. The number of rotatable bonds is 6. The normalized spacial score (nSPS) is 15.7. The average molecular weight is 496 g/mol. The van der Waals surface area contributed by atoms with Gasteiger partial charge in [-0.15, -0.1) is 0 Å². The highest BCUT2D eigenvalue weighted by Crippen LogP contribution is 2.34. The van der Waals surface area contributed by atoms with Crippen molar-refractivity contribution in [2.75, 3.05) is 25.1 Å². The number of ether oxygens (including phenoxy) is 1. The third-order valence-electron chi connectivity index (χ3n) is 5.95. The molecular weight excluding hydrogens is 470 g/mol. The van der Waals surface area contributed by atoms with Crippen LogP contribution in [0.5, 0.6) is 0 Å². The van der Waals surface area contributed by atoms with Crippen molar-refractivity contribution in [2.24, 2.45) is 4.99 Å². The van der Waals surface area contributed by atoms with Gasteiger partial charge >= 0.3 is 5.97 Å². The first-order valence-electron chi connectivity index (χ1n) is 11.1. The van der Waals surface area contributed by atoms with E-state index in [0.717, 1.165) is 24.3 Å². The predicted octanol–water partition coefficient (Wildman–Crippen LogP) is 3.91. The monoisotopic (exact) mass is 495 g/mol. The van der Waals surface area contributed by atoms with Crippen LogP contribution >= 0.6 is 22.9 Å². The number of hydrogen-bond donors (Lipinski definition) is 0. The van der Waals surface area contributed by atoms with Crippen LogP contribution in [0.4, 0.5) is 5.69 Å². The van der Waals surface area contributed by atoms with E-state index in [-0.39, 0.29) is 5.56 Å². The van der Waals surface area contributed by atoms with E-state index in [1.54, 1.807) is 17.6 Å². The fraction of sp³-hybridized carbons (Fsp3) is 0.269. The largest absolute Gasteiger partial charge is 0.466 e. The lowest BCUT2D eigenvalue weighted by molar-refractivity contribution is -0.136. The molecule has 2 heterocycles. The Morgan fingerprint density at radius 1 is 1.18 bits per heavy atom. The molecule has 0 radical (unpaired) electrons. The highest BCUT2D eigenvalue weighted by atomic mass is 35.5. The number of hydrogen-bond acceptors (Lipinski definition) is 6. The van der Waals surface area contributed by atoms with Crippen molar-refractivity contribution in [1.29, 1.82) is 0 Å². The molecule has 1 aromatic heterocycles. The summed E-state index contributed by atoms with van der Waals surface area (Å²) >= 11 is 7.80. The molecule has 8 heteroatoms. The van der Waals surface area contributed by atoms with E-state index in [2.05, 4.69) is 35.9 Å². The van der Waals surface area contributed by atoms with Crippen molar-refractivity contribution in [3.05, 3.63) is 95.6 Å². The number of halogens is 1. The van der Waals surface area contributed by atoms with Crippen LogP contribution in [0.15, 0.2) is 69.6 Å². The standard InChI is InChI=1S/C26H26ClN3O3S/c1-5-29(6-2)18-13-11-17(12-14-18)15-21-24(31)30-23(19-9-7-8-10-20(19)27)22(25(32)33-4)16(3)28-26(30)34-21/h7-15,23H,5-6H2,1-4H3/b21-15+. The third kappa shape index (κ3) is 4.33. The Balaban J connectivity index is 1.88. The first kappa shape index (κ1) is 24.0. The number of nitrogens with zero attached hydrogens (tertiary/aromatic N) is 3. The summed E-state index contributed by atoms with van der Waals surface area (Å²) in [5, 5.41) is 0.463. The average Bonchev–Trinajstić information content (AvgIpc) is 3.14. The van der Waals surface area contributed by atoms with Crippen LogP contribution in [0, 0.1) is 0 Å². The molecule has 4 rings (SSSR count). The van der Waals surface area contributed by atoms with Crippen LogP contribution in [0.3, 0.4) is 0 Å². The SMILES string of the molecule is CCN(CC)c1ccc(/C=c2/sc3n(c2=O)C(c2ccccc2Cl)C(C(=O)OC)=C(C)N=3)cc1. The predicted molar refractivity (Wildman–Crippen MR) is 137 cm³/mol. The molecule has 0 bridgehead atoms. The maximum atomic E-state index is 13.6. The van der Waals surface area contributed by atoms with Crippen molar-refractivity contribution in [3.8, 4) is 0 Å². The third-order valence-corrected chi connectivity index (χ3v) is 7.27. The summed E-state index contributed by atoms with van der Waals surface area (Å²) < 4.78 is 7.11. The molecule has 0 saturated carbocycles. The van der Waals surface area contributed by atoms with Gasteiger partial charge in [0.05, 0.1) is 22.9 Å². The second-order valence-electron chi connectivity index (χ2n) is 7.86. The van der Waals surface area contributed by atoms with E-state index < -0.39 is 12.0 Å². The van der Waals surface area contributed by atoms with E-state index in [9.17, 15) is 9.59 Å². The zero-order chi connectivity index (χ0) is 24.4. The van der Waals surface area contributed by atoms with Gasteiger partial charge in [0, 0.05) is 23.8 Å². The second-order valence-corrected chi connectivity index (χ2v) is 9.28. The lowest BCUT2D eigenvalue weighted by Gasteiger charge is -2.25. The molecule has 0 aliphatic carbocycles. The zero-order valence-corrected chi connectivity index (χ0v) is 21.1. The molecule has 1 aliphatic heterocycles. The number of benzene rings is 2. The van der Waals surface area contributed by atoms with Crippen LogP contribution in [-0.4, -0.2) is 30.7 Å². The van der Waals surface area contributed by atoms with E-state index in [0.29, 0.717) is 31.2 Å². The molecule has 0 saturated heterocycles. The molecule has 34 heavy (non-hydrogen) atoms. The van der Waals surface area contributed by atoms with Crippen LogP contribution in [0.25, 0.3) is 6.08 Å². The summed E-state index contributed by atoms with van der Waals surface area (Å²) in [6, 6.07) is 14.6. The summed E-state index contributed by atoms with van der Waals surface area (Å²) in [7, 11) is 1.32. The van der Waals surface area contributed by atoms with Crippen molar-refractivity contribution in [1.82, 2.24) is 4.57 Å². The maximum absolute atomic E-state index is 13.6. The fourth-order valence-corrected chi connectivity index (χ4v) is 5.49. The quantitative estimate of drug-likeness (QED) is 0.486. The molecule has 2 aromatic carbocycles. The van der Waals surface area contributed by atoms with Gasteiger partial charge in [0.15, 0.2) is 4.80 Å². The molecule has 6 nitrogen and oxygen atoms in total. The summed E-state index contributed by atoms with van der Waals surface area (Å²) in [5.41, 5.74) is 3.29. The van der Waals surface area contributed by atoms with Crippen molar-refractivity contribution >= 4 is 40.7 Å². The molecule has 0 amide bonds. The number of fused-ring (bicyclic) bond motifs is 1. The number of anilines is 1. The van der Waals surface area contributed by atoms with Gasteiger partial charge in [0.2, 0.25) is 0 Å². The molecule has 3 aromatic rings. The molecular formula is C26H26ClN3O3S.